The molecule has 3 heterocycles. The topological polar surface area (TPSA) is 59.9 Å². The molecule has 3 aromatic rings. The summed E-state index contributed by atoms with van der Waals surface area (Å²) in [5.41, 5.74) is 1.64. The molecule has 0 saturated heterocycles. The number of fused-ring (bicyclic) bond motifs is 2. The zero-order valence-electron chi connectivity index (χ0n) is 11.0. The molecular weight excluding hydrogens is 271 g/mol. The Bertz CT molecular complexity index is 837. The monoisotopic (exact) mass is 282 g/mol. The quantitative estimate of drug-likeness (QED) is 0.743. The number of aromatic nitrogens is 3. The Labute approximate surface area is 119 Å². The minimum absolute atomic E-state index is 0.346. The standard InChI is InChI=1S/C15H11FN4O/c16-11-5-9-7-17-8-19-13(9)6-10(11)12-1-2-14-15(20-12)18-3-4-21-14/h1-2,5-8H,3-4H2,(H,18,20). The fraction of sp³-hybridized carbons (Fsp3) is 0.133. The van der Waals surface area contributed by atoms with E-state index in [0.29, 0.717) is 46.9 Å². The smallest absolute Gasteiger partial charge is 0.169 e. The van der Waals surface area contributed by atoms with Gasteiger partial charge in [0.15, 0.2) is 11.6 Å². The Balaban J connectivity index is 1.87. The van der Waals surface area contributed by atoms with Crippen molar-refractivity contribution in [2.45, 2.75) is 0 Å². The van der Waals surface area contributed by atoms with Crippen molar-refractivity contribution >= 4 is 16.7 Å². The first kappa shape index (κ1) is 12.0. The van der Waals surface area contributed by atoms with Crippen molar-refractivity contribution in [1.82, 2.24) is 15.0 Å². The fourth-order valence-electron chi connectivity index (χ4n) is 2.37. The Morgan fingerprint density at radius 3 is 3.14 bits per heavy atom. The van der Waals surface area contributed by atoms with E-state index in [-0.39, 0.29) is 5.82 Å². The lowest BCUT2D eigenvalue weighted by Gasteiger charge is -2.18. The van der Waals surface area contributed by atoms with Crippen molar-refractivity contribution in [1.29, 1.82) is 0 Å². The lowest BCUT2D eigenvalue weighted by Crippen LogP contribution is -2.19. The molecule has 1 N–H and O–H groups in total. The predicted octanol–water partition coefficient (Wildman–Crippen LogP) is 2.64. The van der Waals surface area contributed by atoms with Gasteiger partial charge in [-0.15, -0.1) is 0 Å². The van der Waals surface area contributed by atoms with E-state index >= 15 is 0 Å². The molecule has 4 rings (SSSR count). The van der Waals surface area contributed by atoms with Crippen LogP contribution in [0.5, 0.6) is 5.75 Å². The summed E-state index contributed by atoms with van der Waals surface area (Å²) >= 11 is 0. The normalized spacial score (nSPS) is 13.4. The third-order valence-electron chi connectivity index (χ3n) is 3.38. The maximum atomic E-state index is 14.3. The summed E-state index contributed by atoms with van der Waals surface area (Å²) in [6.07, 6.45) is 3.03. The number of pyridine rings is 1. The Morgan fingerprint density at radius 2 is 2.19 bits per heavy atom. The molecular formula is C15H11FN4O. The summed E-state index contributed by atoms with van der Waals surface area (Å²) in [6.45, 7) is 1.30. The molecule has 1 aliphatic rings. The van der Waals surface area contributed by atoms with Crippen molar-refractivity contribution in [2.24, 2.45) is 0 Å². The highest BCUT2D eigenvalue weighted by Gasteiger charge is 2.15. The summed E-state index contributed by atoms with van der Waals surface area (Å²) in [5.74, 6) is 0.982. The van der Waals surface area contributed by atoms with E-state index in [9.17, 15) is 4.39 Å². The zero-order chi connectivity index (χ0) is 14.2. The second-order valence-electron chi connectivity index (χ2n) is 4.73. The zero-order valence-corrected chi connectivity index (χ0v) is 11.0. The number of anilines is 1. The second kappa shape index (κ2) is 4.66. The van der Waals surface area contributed by atoms with Crippen molar-refractivity contribution in [3.05, 3.63) is 42.6 Å². The minimum atomic E-state index is -0.346. The maximum Gasteiger partial charge on any atom is 0.169 e. The van der Waals surface area contributed by atoms with E-state index in [0.717, 1.165) is 0 Å². The molecule has 0 aliphatic carbocycles. The van der Waals surface area contributed by atoms with Gasteiger partial charge >= 0.3 is 0 Å². The van der Waals surface area contributed by atoms with Gasteiger partial charge in [-0.3, -0.25) is 0 Å². The minimum Gasteiger partial charge on any atom is -0.488 e. The molecule has 1 aliphatic heterocycles. The molecule has 0 atom stereocenters. The van der Waals surface area contributed by atoms with Crippen LogP contribution >= 0.6 is 0 Å². The van der Waals surface area contributed by atoms with Gasteiger partial charge in [0.2, 0.25) is 0 Å². The van der Waals surface area contributed by atoms with E-state index in [4.69, 9.17) is 4.74 Å². The lowest BCUT2D eigenvalue weighted by molar-refractivity contribution is 0.321. The molecule has 0 saturated carbocycles. The third-order valence-corrected chi connectivity index (χ3v) is 3.38. The van der Waals surface area contributed by atoms with Gasteiger partial charge in [-0.2, -0.15) is 0 Å². The number of nitrogens with zero attached hydrogens (tertiary/aromatic N) is 3. The first-order valence-electron chi connectivity index (χ1n) is 6.58. The van der Waals surface area contributed by atoms with Gasteiger partial charge in [0, 0.05) is 17.1 Å². The molecule has 6 heteroatoms. The average molecular weight is 282 g/mol. The van der Waals surface area contributed by atoms with Crippen LogP contribution in [0.3, 0.4) is 0 Å². The number of hydrogen-bond donors (Lipinski definition) is 1. The van der Waals surface area contributed by atoms with E-state index in [1.807, 2.05) is 0 Å². The van der Waals surface area contributed by atoms with Crippen LogP contribution in [-0.2, 0) is 0 Å². The summed E-state index contributed by atoms with van der Waals surface area (Å²) in [6, 6.07) is 6.66. The molecule has 0 amide bonds. The van der Waals surface area contributed by atoms with E-state index in [2.05, 4.69) is 20.3 Å². The molecule has 0 radical (unpaired) electrons. The SMILES string of the molecule is Fc1cc2cncnc2cc1-c1ccc2c(n1)NCCO2. The van der Waals surface area contributed by atoms with Gasteiger partial charge in [0.25, 0.3) is 0 Å². The van der Waals surface area contributed by atoms with Crippen molar-refractivity contribution in [2.75, 3.05) is 18.5 Å². The van der Waals surface area contributed by atoms with Gasteiger partial charge < -0.3 is 10.1 Å². The number of ether oxygens (including phenoxy) is 1. The predicted molar refractivity (Wildman–Crippen MR) is 76.7 cm³/mol. The van der Waals surface area contributed by atoms with E-state index in [1.165, 1.54) is 12.4 Å². The summed E-state index contributed by atoms with van der Waals surface area (Å²) in [4.78, 5) is 12.5. The first-order chi connectivity index (χ1) is 10.3. The van der Waals surface area contributed by atoms with Crippen LogP contribution in [0.2, 0.25) is 0 Å². The van der Waals surface area contributed by atoms with E-state index in [1.54, 1.807) is 24.4 Å². The Kier molecular flexibility index (Phi) is 2.67. The first-order valence-corrected chi connectivity index (χ1v) is 6.58. The van der Waals surface area contributed by atoms with Crippen LogP contribution < -0.4 is 10.1 Å². The molecule has 2 aromatic heterocycles. The van der Waals surface area contributed by atoms with Gasteiger partial charge in [-0.05, 0) is 24.3 Å². The molecule has 0 spiro atoms. The summed E-state index contributed by atoms with van der Waals surface area (Å²) < 4.78 is 19.8. The highest BCUT2D eigenvalue weighted by molar-refractivity contribution is 5.83. The highest BCUT2D eigenvalue weighted by Crippen LogP contribution is 2.31. The highest BCUT2D eigenvalue weighted by atomic mass is 19.1. The number of halogens is 1. The Morgan fingerprint density at radius 1 is 1.24 bits per heavy atom. The van der Waals surface area contributed by atoms with Gasteiger partial charge in [-0.1, -0.05) is 0 Å². The molecule has 5 nitrogen and oxygen atoms in total. The van der Waals surface area contributed by atoms with Crippen molar-refractivity contribution < 1.29 is 9.13 Å². The van der Waals surface area contributed by atoms with Crippen LogP contribution in [0.25, 0.3) is 22.2 Å². The largest absolute Gasteiger partial charge is 0.488 e. The molecule has 0 unspecified atom stereocenters. The second-order valence-corrected chi connectivity index (χ2v) is 4.73. The van der Waals surface area contributed by atoms with Gasteiger partial charge in [0.1, 0.15) is 18.8 Å². The van der Waals surface area contributed by atoms with Crippen LogP contribution in [0, 0.1) is 5.82 Å². The van der Waals surface area contributed by atoms with Gasteiger partial charge in [-0.25, -0.2) is 19.3 Å². The molecule has 21 heavy (non-hydrogen) atoms. The molecule has 1 aromatic carbocycles. The van der Waals surface area contributed by atoms with Crippen LogP contribution in [0.1, 0.15) is 0 Å². The number of rotatable bonds is 1. The van der Waals surface area contributed by atoms with Crippen LogP contribution in [0.4, 0.5) is 10.2 Å². The molecule has 0 fully saturated rings. The fourth-order valence-corrected chi connectivity index (χ4v) is 2.37. The maximum absolute atomic E-state index is 14.3. The number of nitrogens with one attached hydrogen (secondary N) is 1. The Hall–Kier alpha value is -2.76. The third kappa shape index (κ3) is 2.05. The van der Waals surface area contributed by atoms with E-state index < -0.39 is 0 Å². The summed E-state index contributed by atoms with van der Waals surface area (Å²) in [5, 5.41) is 3.81. The van der Waals surface area contributed by atoms with Crippen molar-refractivity contribution in [3.63, 3.8) is 0 Å². The van der Waals surface area contributed by atoms with Crippen LogP contribution in [-0.4, -0.2) is 28.1 Å². The van der Waals surface area contributed by atoms with Gasteiger partial charge in [0.05, 0.1) is 17.8 Å². The van der Waals surface area contributed by atoms with Crippen molar-refractivity contribution in [3.8, 4) is 17.0 Å². The number of benzene rings is 1. The lowest BCUT2D eigenvalue weighted by atomic mass is 10.1. The number of hydrogen-bond acceptors (Lipinski definition) is 5. The van der Waals surface area contributed by atoms with Crippen LogP contribution in [0.15, 0.2) is 36.8 Å². The summed E-state index contributed by atoms with van der Waals surface area (Å²) in [7, 11) is 0. The molecule has 0 bridgehead atoms. The average Bonchev–Trinajstić information content (AvgIpc) is 2.54. The molecule has 104 valence electrons.